The lowest BCUT2D eigenvalue weighted by atomic mass is 9.77. The van der Waals surface area contributed by atoms with Gasteiger partial charge in [0.1, 0.15) is 0 Å². The molecule has 1 aliphatic carbocycles. The van der Waals surface area contributed by atoms with Crippen molar-refractivity contribution in [1.82, 2.24) is 5.32 Å². The van der Waals surface area contributed by atoms with Gasteiger partial charge in [-0.2, -0.15) is 0 Å². The molecule has 2 nitrogen and oxygen atoms in total. The van der Waals surface area contributed by atoms with Crippen molar-refractivity contribution in [2.24, 2.45) is 0 Å². The largest absolute Gasteiger partial charge is 0.314 e. The second-order valence-corrected chi connectivity index (χ2v) is 5.50. The Morgan fingerprint density at radius 2 is 2.06 bits per heavy atom. The first-order valence-corrected chi connectivity index (χ1v) is 7.04. The van der Waals surface area contributed by atoms with E-state index in [4.69, 9.17) is 0 Å². The van der Waals surface area contributed by atoms with E-state index < -0.39 is 0 Å². The SMILES string of the molecule is CC(C)NCCC(=O)c1ccccc1C1CCC1. The molecule has 0 bridgehead atoms. The van der Waals surface area contributed by atoms with E-state index in [9.17, 15) is 4.79 Å². The number of carbonyl (C=O) groups is 1. The molecule has 1 aliphatic rings. The summed E-state index contributed by atoms with van der Waals surface area (Å²) in [6, 6.07) is 8.60. The predicted octanol–water partition coefficient (Wildman–Crippen LogP) is 3.52. The smallest absolute Gasteiger partial charge is 0.164 e. The highest BCUT2D eigenvalue weighted by molar-refractivity contribution is 5.97. The molecule has 0 aromatic heterocycles. The van der Waals surface area contributed by atoms with Gasteiger partial charge < -0.3 is 5.32 Å². The first-order chi connectivity index (χ1) is 8.68. The number of hydrogen-bond donors (Lipinski definition) is 1. The minimum Gasteiger partial charge on any atom is -0.314 e. The Hall–Kier alpha value is -1.15. The molecule has 0 aliphatic heterocycles. The minimum atomic E-state index is 0.283. The lowest BCUT2D eigenvalue weighted by Gasteiger charge is -2.27. The van der Waals surface area contributed by atoms with Crippen LogP contribution in [-0.4, -0.2) is 18.4 Å². The van der Waals surface area contributed by atoms with Crippen LogP contribution in [-0.2, 0) is 0 Å². The Bertz CT molecular complexity index is 407. The molecule has 1 N–H and O–H groups in total. The van der Waals surface area contributed by atoms with Gasteiger partial charge in [-0.3, -0.25) is 4.79 Å². The van der Waals surface area contributed by atoms with Crippen molar-refractivity contribution in [3.05, 3.63) is 35.4 Å². The molecule has 2 heteroatoms. The lowest BCUT2D eigenvalue weighted by Crippen LogP contribution is -2.26. The quantitative estimate of drug-likeness (QED) is 0.777. The maximum atomic E-state index is 12.3. The maximum absolute atomic E-state index is 12.3. The Morgan fingerprint density at radius 3 is 2.67 bits per heavy atom. The highest BCUT2D eigenvalue weighted by Crippen LogP contribution is 2.38. The predicted molar refractivity (Wildman–Crippen MR) is 75.1 cm³/mol. The summed E-state index contributed by atoms with van der Waals surface area (Å²) in [7, 11) is 0. The number of nitrogens with one attached hydrogen (secondary N) is 1. The number of ketones is 1. The summed E-state index contributed by atoms with van der Waals surface area (Å²) in [5.41, 5.74) is 2.23. The van der Waals surface area contributed by atoms with Gasteiger partial charge in [0.15, 0.2) is 5.78 Å². The molecule has 1 aromatic carbocycles. The fourth-order valence-corrected chi connectivity index (χ4v) is 2.44. The number of carbonyl (C=O) groups excluding carboxylic acids is 1. The average Bonchev–Trinajstić information content (AvgIpc) is 2.27. The van der Waals surface area contributed by atoms with Crippen molar-refractivity contribution in [1.29, 1.82) is 0 Å². The number of benzene rings is 1. The zero-order valence-electron chi connectivity index (χ0n) is 11.4. The van der Waals surface area contributed by atoms with Crippen molar-refractivity contribution < 1.29 is 4.79 Å². The zero-order valence-corrected chi connectivity index (χ0v) is 11.4. The standard InChI is InChI=1S/C16H23NO/c1-12(2)17-11-10-16(18)15-9-4-3-8-14(15)13-6-5-7-13/h3-4,8-9,12-13,17H,5-7,10-11H2,1-2H3. The molecular formula is C16H23NO. The van der Waals surface area contributed by atoms with Crippen LogP contribution >= 0.6 is 0 Å². The van der Waals surface area contributed by atoms with E-state index >= 15 is 0 Å². The van der Waals surface area contributed by atoms with E-state index in [-0.39, 0.29) is 5.78 Å². The van der Waals surface area contributed by atoms with Gasteiger partial charge in [-0.25, -0.2) is 0 Å². The second-order valence-electron chi connectivity index (χ2n) is 5.50. The van der Waals surface area contributed by atoms with Crippen LogP contribution in [0.15, 0.2) is 24.3 Å². The Balaban J connectivity index is 2.00. The molecule has 0 saturated heterocycles. The molecule has 0 atom stereocenters. The van der Waals surface area contributed by atoms with E-state index in [2.05, 4.69) is 31.3 Å². The van der Waals surface area contributed by atoms with E-state index in [0.29, 0.717) is 18.4 Å². The molecule has 1 saturated carbocycles. The van der Waals surface area contributed by atoms with Gasteiger partial charge in [-0.15, -0.1) is 0 Å². The fourth-order valence-electron chi connectivity index (χ4n) is 2.44. The topological polar surface area (TPSA) is 29.1 Å². The highest BCUT2D eigenvalue weighted by Gasteiger charge is 2.23. The van der Waals surface area contributed by atoms with Crippen LogP contribution < -0.4 is 5.32 Å². The van der Waals surface area contributed by atoms with E-state index in [1.54, 1.807) is 0 Å². The number of hydrogen-bond acceptors (Lipinski definition) is 2. The minimum absolute atomic E-state index is 0.283. The molecule has 0 heterocycles. The number of Topliss-reactive ketones (excluding diaryl/α,β-unsaturated/α-hetero) is 1. The van der Waals surface area contributed by atoms with Crippen LogP contribution in [0.5, 0.6) is 0 Å². The van der Waals surface area contributed by atoms with Crippen molar-refractivity contribution in [3.63, 3.8) is 0 Å². The summed E-state index contributed by atoms with van der Waals surface area (Å²) in [4.78, 5) is 12.3. The Labute approximate surface area is 110 Å². The number of rotatable bonds is 6. The van der Waals surface area contributed by atoms with Crippen molar-refractivity contribution in [2.75, 3.05) is 6.54 Å². The first kappa shape index (κ1) is 13.3. The van der Waals surface area contributed by atoms with Crippen LogP contribution in [0.3, 0.4) is 0 Å². The first-order valence-electron chi connectivity index (χ1n) is 7.04. The second kappa shape index (κ2) is 6.14. The molecule has 0 spiro atoms. The summed E-state index contributed by atoms with van der Waals surface area (Å²) in [6.45, 7) is 4.98. The van der Waals surface area contributed by atoms with E-state index in [0.717, 1.165) is 12.1 Å². The van der Waals surface area contributed by atoms with Gasteiger partial charge in [0.2, 0.25) is 0 Å². The summed E-state index contributed by atoms with van der Waals surface area (Å²) in [5, 5.41) is 3.30. The van der Waals surface area contributed by atoms with Crippen LogP contribution in [0.2, 0.25) is 0 Å². The zero-order chi connectivity index (χ0) is 13.0. The normalized spacial score (nSPS) is 15.7. The summed E-state index contributed by atoms with van der Waals surface area (Å²) < 4.78 is 0. The van der Waals surface area contributed by atoms with Crippen LogP contribution in [0, 0.1) is 0 Å². The van der Waals surface area contributed by atoms with Crippen molar-refractivity contribution in [3.8, 4) is 0 Å². The van der Waals surface area contributed by atoms with Crippen molar-refractivity contribution >= 4 is 5.78 Å². The molecule has 98 valence electrons. The molecule has 1 fully saturated rings. The molecule has 0 radical (unpaired) electrons. The summed E-state index contributed by atoms with van der Waals surface area (Å²) >= 11 is 0. The van der Waals surface area contributed by atoms with Gasteiger partial charge in [0.25, 0.3) is 0 Å². The van der Waals surface area contributed by atoms with Crippen LogP contribution in [0.25, 0.3) is 0 Å². The van der Waals surface area contributed by atoms with Gasteiger partial charge >= 0.3 is 0 Å². The molecule has 0 amide bonds. The van der Waals surface area contributed by atoms with E-state index in [1.807, 2.05) is 12.1 Å². The van der Waals surface area contributed by atoms with Gasteiger partial charge in [0, 0.05) is 24.6 Å². The van der Waals surface area contributed by atoms with Gasteiger partial charge in [-0.05, 0) is 24.3 Å². The lowest BCUT2D eigenvalue weighted by molar-refractivity contribution is 0.0980. The Morgan fingerprint density at radius 1 is 1.33 bits per heavy atom. The summed E-state index contributed by atoms with van der Waals surface area (Å²) in [6.07, 6.45) is 4.40. The van der Waals surface area contributed by atoms with Crippen LogP contribution in [0.1, 0.15) is 61.4 Å². The van der Waals surface area contributed by atoms with Gasteiger partial charge in [0.05, 0.1) is 0 Å². The molecule has 2 rings (SSSR count). The molecule has 18 heavy (non-hydrogen) atoms. The summed E-state index contributed by atoms with van der Waals surface area (Å²) in [5.74, 6) is 0.911. The molecular weight excluding hydrogens is 222 g/mol. The fraction of sp³-hybridized carbons (Fsp3) is 0.562. The third-order valence-corrected chi connectivity index (χ3v) is 3.71. The molecule has 1 aromatic rings. The van der Waals surface area contributed by atoms with E-state index in [1.165, 1.54) is 24.8 Å². The highest BCUT2D eigenvalue weighted by atomic mass is 16.1. The maximum Gasteiger partial charge on any atom is 0.164 e. The molecule has 0 unspecified atom stereocenters. The van der Waals surface area contributed by atoms with Crippen molar-refractivity contribution in [2.45, 2.75) is 51.5 Å². The van der Waals surface area contributed by atoms with Crippen LogP contribution in [0.4, 0.5) is 0 Å². The third kappa shape index (κ3) is 3.20. The average molecular weight is 245 g/mol. The monoisotopic (exact) mass is 245 g/mol. The Kier molecular flexibility index (Phi) is 4.54. The third-order valence-electron chi connectivity index (χ3n) is 3.71. The van der Waals surface area contributed by atoms with Gasteiger partial charge in [-0.1, -0.05) is 44.5 Å².